The van der Waals surface area contributed by atoms with Gasteiger partial charge in [-0.25, -0.2) is 5.84 Å². The molecule has 0 aliphatic rings. The third-order valence-corrected chi connectivity index (χ3v) is 4.81. The van der Waals surface area contributed by atoms with Crippen molar-refractivity contribution in [1.82, 2.24) is 10.7 Å². The molecule has 0 radical (unpaired) electrons. The van der Waals surface area contributed by atoms with Crippen molar-refractivity contribution in [1.29, 1.82) is 0 Å². The number of amides is 1. The Hall–Kier alpha value is -1.69. The summed E-state index contributed by atoms with van der Waals surface area (Å²) in [5, 5.41) is 15.1. The number of unbranched alkanes of at least 4 members (excludes halogenated alkanes) is 1. The number of ether oxygens (including phenoxy) is 1. The predicted molar refractivity (Wildman–Crippen MR) is 117 cm³/mol. The number of hydrogen-bond donors (Lipinski definition) is 5. The van der Waals surface area contributed by atoms with Gasteiger partial charge in [-0.3, -0.25) is 9.79 Å². The molecule has 1 aromatic rings. The van der Waals surface area contributed by atoms with Gasteiger partial charge in [-0.15, -0.1) is 0 Å². The molecule has 0 atom stereocenters. The van der Waals surface area contributed by atoms with E-state index in [1.54, 1.807) is 12.1 Å². The molecule has 0 spiro atoms. The van der Waals surface area contributed by atoms with Crippen LogP contribution in [0.4, 0.5) is 0 Å². The van der Waals surface area contributed by atoms with Gasteiger partial charge in [0, 0.05) is 13.0 Å². The lowest BCUT2D eigenvalue weighted by atomic mass is 10.1. The summed E-state index contributed by atoms with van der Waals surface area (Å²) in [5.41, 5.74) is 8.17. The Kier molecular flexibility index (Phi) is 12.5. The number of carbonyl (C=O) groups excluding carboxylic acids is 1. The fourth-order valence-corrected chi connectivity index (χ4v) is 3.79. The van der Waals surface area contributed by atoms with Crippen molar-refractivity contribution in [3.63, 3.8) is 0 Å². The minimum Gasteiger partial charge on any atom is -0.491 e. The van der Waals surface area contributed by atoms with E-state index in [2.05, 4.69) is 52.8 Å². The summed E-state index contributed by atoms with van der Waals surface area (Å²) in [4.78, 5) is 15.2. The summed E-state index contributed by atoms with van der Waals surface area (Å²) in [7, 11) is 0. The van der Waals surface area contributed by atoms with Crippen LogP contribution >= 0.6 is 31.9 Å². The molecule has 0 heterocycles. The normalized spacial score (nSPS) is 11.8. The Bertz CT molecular complexity index is 662. The fraction of sp³-hybridized carbons (Fsp3) is 0.471. The number of aliphatic imine (C=N–C) groups is 1. The van der Waals surface area contributed by atoms with E-state index in [0.29, 0.717) is 12.4 Å². The number of carbonyl (C=O) groups is 1. The molecule has 156 valence electrons. The van der Waals surface area contributed by atoms with E-state index in [1.165, 1.54) is 6.34 Å². The van der Waals surface area contributed by atoms with Crippen LogP contribution in [0, 0.1) is 0 Å². The number of hydrazine groups is 1. The van der Waals surface area contributed by atoms with E-state index in [9.17, 15) is 4.79 Å². The lowest BCUT2D eigenvalue weighted by molar-refractivity contribution is -0.112. The van der Waals surface area contributed by atoms with Crippen LogP contribution in [0.2, 0.25) is 0 Å². The quantitative estimate of drug-likeness (QED) is 0.0628. The molecule has 7 N–H and O–H groups in total. The van der Waals surface area contributed by atoms with Gasteiger partial charge < -0.3 is 26.4 Å². The number of primary amides is 1. The van der Waals surface area contributed by atoms with E-state index < -0.39 is 5.91 Å². The van der Waals surface area contributed by atoms with Gasteiger partial charge in [0.25, 0.3) is 5.91 Å². The van der Waals surface area contributed by atoms with Crippen LogP contribution in [0.3, 0.4) is 0 Å². The third-order valence-electron chi connectivity index (χ3n) is 3.64. The molecule has 0 aliphatic heterocycles. The number of nitrogens with zero attached hydrogens (tertiary/aromatic N) is 2. The molecule has 9 nitrogen and oxygen atoms in total. The molecule has 0 saturated heterocycles. The van der Waals surface area contributed by atoms with E-state index in [1.807, 2.05) is 0 Å². The Morgan fingerprint density at radius 1 is 1.21 bits per heavy atom. The second kappa shape index (κ2) is 14.3. The molecule has 1 aromatic carbocycles. The van der Waals surface area contributed by atoms with Crippen molar-refractivity contribution in [3.05, 3.63) is 26.6 Å². The van der Waals surface area contributed by atoms with Gasteiger partial charge in [0.15, 0.2) is 0 Å². The van der Waals surface area contributed by atoms with Crippen LogP contribution < -0.4 is 27.1 Å². The van der Waals surface area contributed by atoms with Crippen molar-refractivity contribution in [2.45, 2.75) is 25.7 Å². The smallest absolute Gasteiger partial charge is 0.266 e. The van der Waals surface area contributed by atoms with E-state index in [-0.39, 0.29) is 12.1 Å². The first-order valence-corrected chi connectivity index (χ1v) is 10.3. The summed E-state index contributed by atoms with van der Waals surface area (Å²) in [6.07, 6.45) is 4.53. The number of nitrogens with one attached hydrogen (secondary N) is 2. The minimum absolute atomic E-state index is 0.110. The molecule has 1 rings (SSSR count). The second-order valence-corrected chi connectivity index (χ2v) is 7.55. The molecule has 0 saturated carbocycles. The molecule has 0 aliphatic carbocycles. The van der Waals surface area contributed by atoms with Gasteiger partial charge in [0.05, 0.1) is 21.9 Å². The van der Waals surface area contributed by atoms with Gasteiger partial charge in [-0.2, -0.15) is 0 Å². The van der Waals surface area contributed by atoms with Crippen molar-refractivity contribution >= 4 is 49.8 Å². The first kappa shape index (κ1) is 24.3. The van der Waals surface area contributed by atoms with E-state index >= 15 is 0 Å². The molecular weight excluding hydrogens is 496 g/mol. The Balaban J connectivity index is 2.33. The summed E-state index contributed by atoms with van der Waals surface area (Å²) >= 11 is 6.93. The van der Waals surface area contributed by atoms with Gasteiger partial charge in [-0.1, -0.05) is 5.16 Å². The highest BCUT2D eigenvalue weighted by molar-refractivity contribution is 9.11. The monoisotopic (exact) mass is 520 g/mol. The number of nitrogens with two attached hydrogens (primary N) is 2. The van der Waals surface area contributed by atoms with Crippen molar-refractivity contribution in [2.75, 3.05) is 26.2 Å². The van der Waals surface area contributed by atoms with Crippen molar-refractivity contribution in [2.24, 2.45) is 21.7 Å². The Morgan fingerprint density at radius 2 is 1.89 bits per heavy atom. The number of benzene rings is 1. The minimum atomic E-state index is -0.761. The summed E-state index contributed by atoms with van der Waals surface area (Å²) < 4.78 is 7.30. The van der Waals surface area contributed by atoms with Crippen molar-refractivity contribution < 1.29 is 14.7 Å². The predicted octanol–water partition coefficient (Wildman–Crippen LogP) is 1.70. The maximum Gasteiger partial charge on any atom is 0.266 e. The molecule has 0 bridgehead atoms. The standard InChI is InChI=1S/C17H26Br2N6O3/c18-13-8-12(10-15(25-27)17(20)26)9-14(19)16(13)28-7-3-6-22-4-1-2-5-23-11-24-21/h8-9,11,22,27H,1-7,10,21H2,(H2,20,26)(H,23,24)/b25-15-. The zero-order valence-corrected chi connectivity index (χ0v) is 18.6. The second-order valence-electron chi connectivity index (χ2n) is 5.84. The van der Waals surface area contributed by atoms with Crippen LogP contribution in [-0.2, 0) is 11.2 Å². The molecule has 11 heteroatoms. The Labute approximate surface area is 181 Å². The topological polar surface area (TPSA) is 147 Å². The zero-order chi connectivity index (χ0) is 20.8. The molecular formula is C17H26Br2N6O3. The largest absolute Gasteiger partial charge is 0.491 e. The molecule has 0 aromatic heterocycles. The highest BCUT2D eigenvalue weighted by Crippen LogP contribution is 2.35. The first-order chi connectivity index (χ1) is 13.5. The zero-order valence-electron chi connectivity index (χ0n) is 15.5. The van der Waals surface area contributed by atoms with Gasteiger partial charge in [0.1, 0.15) is 11.5 Å². The highest BCUT2D eigenvalue weighted by atomic mass is 79.9. The van der Waals surface area contributed by atoms with Crippen LogP contribution in [-0.4, -0.2) is 49.4 Å². The summed E-state index contributed by atoms with van der Waals surface area (Å²) in [6, 6.07) is 3.60. The number of rotatable bonds is 14. The lowest BCUT2D eigenvalue weighted by Crippen LogP contribution is -2.25. The maximum atomic E-state index is 11.2. The van der Waals surface area contributed by atoms with Crippen LogP contribution in [0.25, 0.3) is 0 Å². The van der Waals surface area contributed by atoms with Gasteiger partial charge in [-0.05, 0) is 81.9 Å². The summed E-state index contributed by atoms with van der Waals surface area (Å²) in [6.45, 7) is 3.11. The number of hydrogen-bond acceptors (Lipinski definition) is 7. The van der Waals surface area contributed by atoms with Gasteiger partial charge in [0.2, 0.25) is 0 Å². The van der Waals surface area contributed by atoms with Crippen LogP contribution in [0.1, 0.15) is 24.8 Å². The molecule has 28 heavy (non-hydrogen) atoms. The SMILES string of the molecule is NNC=NCCCCNCCCOc1c(Br)cc(C/C(=N/O)C(N)=O)cc1Br. The molecule has 0 fully saturated rings. The Morgan fingerprint density at radius 3 is 2.50 bits per heavy atom. The summed E-state index contributed by atoms with van der Waals surface area (Å²) in [5.74, 6) is 5.00. The average Bonchev–Trinajstić information content (AvgIpc) is 2.65. The third kappa shape index (κ3) is 9.49. The van der Waals surface area contributed by atoms with Gasteiger partial charge >= 0.3 is 0 Å². The van der Waals surface area contributed by atoms with E-state index in [4.69, 9.17) is 21.5 Å². The average molecular weight is 522 g/mol. The first-order valence-electron chi connectivity index (χ1n) is 8.76. The van der Waals surface area contributed by atoms with Crippen LogP contribution in [0.15, 0.2) is 31.2 Å². The highest BCUT2D eigenvalue weighted by Gasteiger charge is 2.13. The van der Waals surface area contributed by atoms with Crippen molar-refractivity contribution in [3.8, 4) is 5.75 Å². The van der Waals surface area contributed by atoms with E-state index in [0.717, 1.165) is 53.4 Å². The number of oxime groups is 1. The van der Waals surface area contributed by atoms with Crippen LogP contribution in [0.5, 0.6) is 5.75 Å². The molecule has 0 unspecified atom stereocenters. The molecule has 1 amide bonds. The maximum absolute atomic E-state index is 11.2. The fourth-order valence-electron chi connectivity index (χ4n) is 2.28. The lowest BCUT2D eigenvalue weighted by Gasteiger charge is -2.12. The number of halogens is 2.